The van der Waals surface area contributed by atoms with E-state index < -0.39 is 0 Å². The normalized spacial score (nSPS) is 9.88. The third kappa shape index (κ3) is 5.07. The minimum Gasteiger partial charge on any atom is -0.363 e. The lowest BCUT2D eigenvalue weighted by Gasteiger charge is -2.09. The van der Waals surface area contributed by atoms with Gasteiger partial charge in [0, 0.05) is 13.1 Å². The Morgan fingerprint density at radius 3 is 2.44 bits per heavy atom. The quantitative estimate of drug-likeness (QED) is 0.772. The molecule has 1 aromatic rings. The first-order chi connectivity index (χ1) is 7.72. The maximum Gasteiger partial charge on any atom is 0.166 e. The van der Waals surface area contributed by atoms with Crippen LogP contribution in [0.1, 0.15) is 18.9 Å². The molecule has 0 atom stereocenters. The summed E-state index contributed by atoms with van der Waals surface area (Å²) in [6.45, 7) is 3.75. The molecule has 0 spiro atoms. The fraction of sp³-hybridized carbons (Fsp3) is 0.417. The van der Waals surface area contributed by atoms with Crippen LogP contribution in [-0.2, 0) is 6.42 Å². The first-order valence-electron chi connectivity index (χ1n) is 5.48. The highest BCUT2D eigenvalue weighted by Crippen LogP contribution is 2.02. The van der Waals surface area contributed by atoms with Crippen molar-refractivity contribution in [3.63, 3.8) is 0 Å². The SMILES string of the molecule is CCCNC(=S)NCCc1ccc(F)cc1. The second-order valence-corrected chi connectivity index (χ2v) is 3.97. The Morgan fingerprint density at radius 1 is 1.19 bits per heavy atom. The second kappa shape index (κ2) is 7.17. The lowest BCUT2D eigenvalue weighted by molar-refractivity contribution is 0.627. The third-order valence-corrected chi connectivity index (χ3v) is 2.44. The van der Waals surface area contributed by atoms with E-state index in [0.29, 0.717) is 5.11 Å². The van der Waals surface area contributed by atoms with Crippen LogP contribution in [0.25, 0.3) is 0 Å². The van der Waals surface area contributed by atoms with Gasteiger partial charge < -0.3 is 10.6 Å². The van der Waals surface area contributed by atoms with Gasteiger partial charge in [0.2, 0.25) is 0 Å². The predicted molar refractivity (Wildman–Crippen MR) is 69.0 cm³/mol. The Balaban J connectivity index is 2.20. The molecule has 0 unspecified atom stereocenters. The summed E-state index contributed by atoms with van der Waals surface area (Å²) >= 11 is 5.07. The van der Waals surface area contributed by atoms with Gasteiger partial charge in [0.1, 0.15) is 5.82 Å². The number of hydrogen-bond donors (Lipinski definition) is 2. The van der Waals surface area contributed by atoms with Crippen LogP contribution in [0.2, 0.25) is 0 Å². The topological polar surface area (TPSA) is 24.1 Å². The zero-order valence-electron chi connectivity index (χ0n) is 9.42. The van der Waals surface area contributed by atoms with Crippen LogP contribution in [0.3, 0.4) is 0 Å². The largest absolute Gasteiger partial charge is 0.363 e. The van der Waals surface area contributed by atoms with Crippen molar-refractivity contribution in [3.8, 4) is 0 Å². The van der Waals surface area contributed by atoms with E-state index in [9.17, 15) is 4.39 Å². The Bertz CT molecular complexity index is 324. The minimum atomic E-state index is -0.197. The number of benzene rings is 1. The predicted octanol–water partition coefficient (Wildman–Crippen LogP) is 2.24. The van der Waals surface area contributed by atoms with Gasteiger partial charge in [-0.2, -0.15) is 0 Å². The molecule has 0 heterocycles. The zero-order valence-corrected chi connectivity index (χ0v) is 10.2. The Labute approximate surface area is 101 Å². The van der Waals surface area contributed by atoms with Crippen molar-refractivity contribution in [1.29, 1.82) is 0 Å². The van der Waals surface area contributed by atoms with Crippen molar-refractivity contribution in [3.05, 3.63) is 35.6 Å². The maximum absolute atomic E-state index is 12.6. The fourth-order valence-corrected chi connectivity index (χ4v) is 1.48. The van der Waals surface area contributed by atoms with Crippen molar-refractivity contribution < 1.29 is 4.39 Å². The highest BCUT2D eigenvalue weighted by atomic mass is 32.1. The summed E-state index contributed by atoms with van der Waals surface area (Å²) in [6.07, 6.45) is 1.90. The van der Waals surface area contributed by atoms with Gasteiger partial charge in [-0.05, 0) is 42.8 Å². The van der Waals surface area contributed by atoms with Crippen molar-refractivity contribution in [2.24, 2.45) is 0 Å². The molecule has 0 aliphatic rings. The van der Waals surface area contributed by atoms with E-state index in [-0.39, 0.29) is 5.82 Å². The molecule has 1 aromatic carbocycles. The smallest absolute Gasteiger partial charge is 0.166 e. The van der Waals surface area contributed by atoms with Crippen molar-refractivity contribution in [2.45, 2.75) is 19.8 Å². The monoisotopic (exact) mass is 240 g/mol. The van der Waals surface area contributed by atoms with E-state index in [1.54, 1.807) is 12.1 Å². The lowest BCUT2D eigenvalue weighted by atomic mass is 10.1. The molecular formula is C12H17FN2S. The van der Waals surface area contributed by atoms with E-state index in [1.807, 2.05) is 0 Å². The molecule has 0 fully saturated rings. The molecule has 2 nitrogen and oxygen atoms in total. The summed E-state index contributed by atoms with van der Waals surface area (Å²) in [6, 6.07) is 6.53. The minimum absolute atomic E-state index is 0.197. The molecule has 0 radical (unpaired) electrons. The molecule has 0 aliphatic heterocycles. The standard InChI is InChI=1S/C12H17FN2S/c1-2-8-14-12(16)15-9-7-10-3-5-11(13)6-4-10/h3-6H,2,7-9H2,1H3,(H2,14,15,16). The number of halogens is 1. The van der Waals surface area contributed by atoms with Gasteiger partial charge in [-0.15, -0.1) is 0 Å². The van der Waals surface area contributed by atoms with E-state index in [4.69, 9.17) is 12.2 Å². The van der Waals surface area contributed by atoms with Crippen LogP contribution in [-0.4, -0.2) is 18.2 Å². The summed E-state index contributed by atoms with van der Waals surface area (Å²) in [5.74, 6) is -0.197. The molecule has 0 bridgehead atoms. The van der Waals surface area contributed by atoms with Gasteiger partial charge in [-0.3, -0.25) is 0 Å². The second-order valence-electron chi connectivity index (χ2n) is 3.56. The summed E-state index contributed by atoms with van der Waals surface area (Å²) < 4.78 is 12.6. The maximum atomic E-state index is 12.6. The molecule has 2 N–H and O–H groups in total. The van der Waals surface area contributed by atoms with Crippen molar-refractivity contribution >= 4 is 17.3 Å². The molecular weight excluding hydrogens is 223 g/mol. The summed E-state index contributed by atoms with van der Waals surface area (Å²) in [5.41, 5.74) is 1.10. The number of nitrogens with one attached hydrogen (secondary N) is 2. The first-order valence-corrected chi connectivity index (χ1v) is 5.89. The van der Waals surface area contributed by atoms with Gasteiger partial charge >= 0.3 is 0 Å². The molecule has 0 amide bonds. The van der Waals surface area contributed by atoms with Gasteiger partial charge in [-0.1, -0.05) is 19.1 Å². The number of hydrogen-bond acceptors (Lipinski definition) is 1. The highest BCUT2D eigenvalue weighted by Gasteiger charge is 1.96. The zero-order chi connectivity index (χ0) is 11.8. The van der Waals surface area contributed by atoms with Crippen LogP contribution in [0.15, 0.2) is 24.3 Å². The number of thiocarbonyl (C=S) groups is 1. The van der Waals surface area contributed by atoms with Crippen LogP contribution < -0.4 is 10.6 Å². The molecule has 88 valence electrons. The van der Waals surface area contributed by atoms with Crippen LogP contribution in [0, 0.1) is 5.82 Å². The van der Waals surface area contributed by atoms with Gasteiger partial charge in [-0.25, -0.2) is 4.39 Å². The van der Waals surface area contributed by atoms with Gasteiger partial charge in [0.05, 0.1) is 0 Å². The molecule has 0 aliphatic carbocycles. The third-order valence-electron chi connectivity index (χ3n) is 2.15. The Morgan fingerprint density at radius 2 is 1.81 bits per heavy atom. The summed E-state index contributed by atoms with van der Waals surface area (Å²) in [4.78, 5) is 0. The van der Waals surface area contributed by atoms with E-state index in [0.717, 1.165) is 31.5 Å². The molecule has 16 heavy (non-hydrogen) atoms. The Hall–Kier alpha value is -1.16. The average molecular weight is 240 g/mol. The molecule has 0 aromatic heterocycles. The Kier molecular flexibility index (Phi) is 5.78. The molecule has 0 saturated heterocycles. The van der Waals surface area contributed by atoms with Gasteiger partial charge in [0.25, 0.3) is 0 Å². The molecule has 1 rings (SSSR count). The molecule has 0 saturated carbocycles. The van der Waals surface area contributed by atoms with E-state index in [1.165, 1.54) is 12.1 Å². The fourth-order valence-electron chi connectivity index (χ4n) is 1.27. The van der Waals surface area contributed by atoms with Crippen LogP contribution in [0.4, 0.5) is 4.39 Å². The first kappa shape index (κ1) is 12.9. The van der Waals surface area contributed by atoms with E-state index in [2.05, 4.69) is 17.6 Å². The summed E-state index contributed by atoms with van der Waals surface area (Å²) in [7, 11) is 0. The highest BCUT2D eigenvalue weighted by molar-refractivity contribution is 7.80. The van der Waals surface area contributed by atoms with Crippen molar-refractivity contribution in [1.82, 2.24) is 10.6 Å². The van der Waals surface area contributed by atoms with Crippen LogP contribution in [0.5, 0.6) is 0 Å². The molecule has 4 heteroatoms. The van der Waals surface area contributed by atoms with Crippen molar-refractivity contribution in [2.75, 3.05) is 13.1 Å². The lowest BCUT2D eigenvalue weighted by Crippen LogP contribution is -2.36. The number of rotatable bonds is 5. The summed E-state index contributed by atoms with van der Waals surface area (Å²) in [5, 5.41) is 6.88. The van der Waals surface area contributed by atoms with Gasteiger partial charge in [0.15, 0.2) is 5.11 Å². The average Bonchev–Trinajstić information content (AvgIpc) is 2.29. The van der Waals surface area contributed by atoms with E-state index >= 15 is 0 Å². The van der Waals surface area contributed by atoms with Crippen LogP contribution >= 0.6 is 12.2 Å².